The zero-order chi connectivity index (χ0) is 21.2. The van der Waals surface area contributed by atoms with Gasteiger partial charge in [0.2, 0.25) is 0 Å². The Bertz CT molecular complexity index is 1290. The third kappa shape index (κ3) is 2.32. The van der Waals surface area contributed by atoms with Crippen LogP contribution in [0, 0.1) is 0 Å². The summed E-state index contributed by atoms with van der Waals surface area (Å²) in [5.41, 5.74) is 3.51. The van der Waals surface area contributed by atoms with Gasteiger partial charge in [0.1, 0.15) is 12.4 Å². The molecule has 0 amide bonds. The quantitative estimate of drug-likeness (QED) is 0.507. The molecule has 2 aliphatic rings. The Morgan fingerprint density at radius 1 is 1.23 bits per heavy atom. The molecule has 3 aromatic rings. The van der Waals surface area contributed by atoms with E-state index in [1.165, 1.54) is 0 Å². The van der Waals surface area contributed by atoms with E-state index in [-0.39, 0.29) is 18.6 Å². The number of aliphatic hydroxyl groups is 1. The largest absolute Gasteiger partial charge is 0.497 e. The average molecular weight is 406 g/mol. The highest BCUT2D eigenvalue weighted by molar-refractivity contribution is 5.92. The topological polar surface area (TPSA) is 102 Å². The van der Waals surface area contributed by atoms with Gasteiger partial charge in [0.25, 0.3) is 5.56 Å². The van der Waals surface area contributed by atoms with Crippen molar-refractivity contribution >= 4 is 16.9 Å². The first-order chi connectivity index (χ1) is 14.4. The third-order valence-corrected chi connectivity index (χ3v) is 6.38. The highest BCUT2D eigenvalue weighted by Crippen LogP contribution is 2.45. The number of nitrogens with one attached hydrogen (secondary N) is 1. The van der Waals surface area contributed by atoms with E-state index in [1.54, 1.807) is 14.0 Å². The van der Waals surface area contributed by atoms with E-state index in [2.05, 4.69) is 11.9 Å². The Kier molecular flexibility index (Phi) is 4.02. The SMILES string of the molecule is CCc1c2c(nc3ccc(OC)cc13)-c1[nH]c(=O)c3c(c1C2)C(O)(CC)C(=O)OC3. The van der Waals surface area contributed by atoms with Gasteiger partial charge in [0, 0.05) is 17.4 Å². The number of aromatic nitrogens is 2. The fourth-order valence-corrected chi connectivity index (χ4v) is 4.83. The summed E-state index contributed by atoms with van der Waals surface area (Å²) in [4.78, 5) is 33.1. The molecule has 3 heterocycles. The van der Waals surface area contributed by atoms with E-state index in [1.807, 2.05) is 18.2 Å². The van der Waals surface area contributed by atoms with Gasteiger partial charge in [-0.25, -0.2) is 9.78 Å². The minimum atomic E-state index is -1.83. The Balaban J connectivity index is 1.84. The normalized spacial score (nSPS) is 19.3. The second kappa shape index (κ2) is 6.40. The van der Waals surface area contributed by atoms with E-state index in [9.17, 15) is 14.7 Å². The molecule has 5 rings (SSSR count). The minimum absolute atomic E-state index is 0.123. The number of fused-ring (bicyclic) bond motifs is 6. The molecule has 1 aliphatic heterocycles. The lowest BCUT2D eigenvalue weighted by atomic mass is 9.82. The van der Waals surface area contributed by atoms with Gasteiger partial charge in [-0.15, -0.1) is 0 Å². The summed E-state index contributed by atoms with van der Waals surface area (Å²) in [6.45, 7) is 3.65. The molecule has 7 nitrogen and oxygen atoms in total. The lowest BCUT2D eigenvalue weighted by Gasteiger charge is -2.32. The maximum absolute atomic E-state index is 12.8. The van der Waals surface area contributed by atoms with Crippen LogP contribution in [0.5, 0.6) is 5.75 Å². The predicted octanol–water partition coefficient (Wildman–Crippen LogP) is 2.72. The van der Waals surface area contributed by atoms with E-state index in [0.717, 1.165) is 39.8 Å². The van der Waals surface area contributed by atoms with Gasteiger partial charge in [-0.1, -0.05) is 13.8 Å². The summed E-state index contributed by atoms with van der Waals surface area (Å²) in [7, 11) is 1.63. The van der Waals surface area contributed by atoms with Gasteiger partial charge in [-0.05, 0) is 47.7 Å². The van der Waals surface area contributed by atoms with Crippen molar-refractivity contribution in [2.75, 3.05) is 7.11 Å². The molecule has 1 aliphatic carbocycles. The van der Waals surface area contributed by atoms with Gasteiger partial charge in [-0.3, -0.25) is 4.79 Å². The van der Waals surface area contributed by atoms with E-state index < -0.39 is 11.6 Å². The molecular weight excluding hydrogens is 384 g/mol. The zero-order valence-electron chi connectivity index (χ0n) is 17.1. The first-order valence-electron chi connectivity index (χ1n) is 10.1. The Labute approximate surface area is 172 Å². The van der Waals surface area contributed by atoms with Gasteiger partial charge in [-0.2, -0.15) is 0 Å². The summed E-state index contributed by atoms with van der Waals surface area (Å²) < 4.78 is 10.5. The molecule has 7 heteroatoms. The van der Waals surface area contributed by atoms with Crippen LogP contribution in [0.1, 0.15) is 48.1 Å². The molecule has 1 atom stereocenters. The van der Waals surface area contributed by atoms with Crippen molar-refractivity contribution in [1.82, 2.24) is 9.97 Å². The van der Waals surface area contributed by atoms with Crippen LogP contribution >= 0.6 is 0 Å². The van der Waals surface area contributed by atoms with Crippen molar-refractivity contribution in [1.29, 1.82) is 0 Å². The number of carbonyl (C=O) groups is 1. The molecule has 30 heavy (non-hydrogen) atoms. The van der Waals surface area contributed by atoms with Gasteiger partial charge < -0.3 is 19.6 Å². The van der Waals surface area contributed by atoms with Gasteiger partial charge in [0.15, 0.2) is 5.60 Å². The molecule has 1 unspecified atom stereocenters. The number of hydrogen-bond acceptors (Lipinski definition) is 6. The van der Waals surface area contributed by atoms with Crippen LogP contribution in [0.4, 0.5) is 0 Å². The van der Waals surface area contributed by atoms with Crippen molar-refractivity contribution in [2.45, 2.75) is 45.3 Å². The van der Waals surface area contributed by atoms with Crippen molar-refractivity contribution in [2.24, 2.45) is 0 Å². The van der Waals surface area contributed by atoms with Crippen LogP contribution in [-0.2, 0) is 34.6 Å². The fourth-order valence-electron chi connectivity index (χ4n) is 4.83. The van der Waals surface area contributed by atoms with E-state index in [4.69, 9.17) is 14.5 Å². The first-order valence-corrected chi connectivity index (χ1v) is 10.1. The number of methoxy groups -OCH3 is 1. The smallest absolute Gasteiger partial charge is 0.343 e. The second-order valence-corrected chi connectivity index (χ2v) is 7.78. The van der Waals surface area contributed by atoms with Crippen LogP contribution in [-0.4, -0.2) is 28.2 Å². The number of aromatic amines is 1. The van der Waals surface area contributed by atoms with Crippen molar-refractivity contribution in [3.63, 3.8) is 0 Å². The van der Waals surface area contributed by atoms with Crippen LogP contribution < -0.4 is 10.3 Å². The van der Waals surface area contributed by atoms with Crippen LogP contribution in [0.25, 0.3) is 22.3 Å². The van der Waals surface area contributed by atoms with E-state index >= 15 is 0 Å². The molecular formula is C23H22N2O5. The molecule has 0 saturated carbocycles. The summed E-state index contributed by atoms with van der Waals surface area (Å²) in [5, 5.41) is 12.2. The third-order valence-electron chi connectivity index (χ3n) is 6.38. The summed E-state index contributed by atoms with van der Waals surface area (Å²) in [6, 6.07) is 5.74. The van der Waals surface area contributed by atoms with Crippen molar-refractivity contribution in [3.8, 4) is 17.1 Å². The molecule has 0 bridgehead atoms. The van der Waals surface area contributed by atoms with Crippen molar-refractivity contribution < 1.29 is 19.4 Å². The fraction of sp³-hybridized carbons (Fsp3) is 0.348. The highest BCUT2D eigenvalue weighted by Gasteiger charge is 2.47. The van der Waals surface area contributed by atoms with Gasteiger partial charge in [0.05, 0.1) is 29.6 Å². The number of rotatable bonds is 3. The molecule has 0 radical (unpaired) electrons. The molecule has 2 aromatic heterocycles. The zero-order valence-corrected chi connectivity index (χ0v) is 17.1. The number of carbonyl (C=O) groups excluding carboxylic acids is 1. The molecule has 2 N–H and O–H groups in total. The number of benzene rings is 1. The number of esters is 1. The van der Waals surface area contributed by atoms with E-state index in [0.29, 0.717) is 28.9 Å². The number of nitrogens with zero attached hydrogens (tertiary/aromatic N) is 1. The maximum atomic E-state index is 12.8. The van der Waals surface area contributed by atoms with Crippen molar-refractivity contribution in [3.05, 3.63) is 56.4 Å². The maximum Gasteiger partial charge on any atom is 0.343 e. The van der Waals surface area contributed by atoms with Crippen LogP contribution in [0.15, 0.2) is 23.0 Å². The monoisotopic (exact) mass is 406 g/mol. The highest BCUT2D eigenvalue weighted by atomic mass is 16.6. The summed E-state index contributed by atoms with van der Waals surface area (Å²) in [6.07, 6.45) is 1.38. The molecule has 154 valence electrons. The van der Waals surface area contributed by atoms with Crippen LogP contribution in [0.2, 0.25) is 0 Å². The Morgan fingerprint density at radius 2 is 2.03 bits per heavy atom. The number of H-pyrrole nitrogens is 1. The predicted molar refractivity (Wildman–Crippen MR) is 111 cm³/mol. The number of ether oxygens (including phenoxy) is 2. The summed E-state index contributed by atoms with van der Waals surface area (Å²) >= 11 is 0. The number of hydrogen-bond donors (Lipinski definition) is 2. The molecule has 0 fully saturated rings. The average Bonchev–Trinajstić information content (AvgIpc) is 3.11. The standard InChI is InChI=1S/C23H22N2O5/c1-4-12-13-8-11(29-3)6-7-17(13)24-19-14(12)9-15-18-16(21(26)25-20(15)19)10-30-22(27)23(18,28)5-2/h6-8,28H,4-5,9-10H2,1-3H3,(H,25,26). The molecule has 0 saturated heterocycles. The second-order valence-electron chi connectivity index (χ2n) is 7.78. The van der Waals surface area contributed by atoms with Crippen LogP contribution in [0.3, 0.4) is 0 Å². The number of aryl methyl sites for hydroxylation is 1. The molecule has 1 aromatic carbocycles. The number of pyridine rings is 2. The first kappa shape index (κ1) is 18.8. The Morgan fingerprint density at radius 3 is 2.73 bits per heavy atom. The lowest BCUT2D eigenvalue weighted by Crippen LogP contribution is -2.44. The number of cyclic esters (lactones) is 1. The Hall–Kier alpha value is -3.19. The molecule has 0 spiro atoms. The lowest BCUT2D eigenvalue weighted by molar-refractivity contribution is -0.172. The minimum Gasteiger partial charge on any atom is -0.497 e. The van der Waals surface area contributed by atoms with Gasteiger partial charge >= 0.3 is 5.97 Å². The summed E-state index contributed by atoms with van der Waals surface area (Å²) in [5.74, 6) is 0.0446.